The Balaban J connectivity index is 1.40. The van der Waals surface area contributed by atoms with Crippen LogP contribution in [0.2, 0.25) is 0 Å². The Morgan fingerprint density at radius 1 is 1.14 bits per heavy atom. The van der Waals surface area contributed by atoms with E-state index in [9.17, 15) is 5.11 Å². The highest BCUT2D eigenvalue weighted by Gasteiger charge is 2.53. The van der Waals surface area contributed by atoms with E-state index in [-0.39, 0.29) is 0 Å². The minimum Gasteiger partial charge on any atom is -0.508 e. The third-order valence-corrected chi connectivity index (χ3v) is 8.15. The van der Waals surface area contributed by atoms with Crippen molar-refractivity contribution in [3.8, 4) is 11.5 Å². The van der Waals surface area contributed by atoms with E-state index < -0.39 is 0 Å². The van der Waals surface area contributed by atoms with Crippen molar-refractivity contribution in [3.63, 3.8) is 0 Å². The van der Waals surface area contributed by atoms with E-state index in [1.807, 2.05) is 6.07 Å². The zero-order valence-corrected chi connectivity index (χ0v) is 17.8. The summed E-state index contributed by atoms with van der Waals surface area (Å²) in [6.07, 6.45) is 8.84. The number of rotatable bonds is 4. The van der Waals surface area contributed by atoms with Crippen LogP contribution in [0.25, 0.3) is 0 Å². The summed E-state index contributed by atoms with van der Waals surface area (Å²) in [6, 6.07) is 13.3. The Labute approximate surface area is 174 Å². The van der Waals surface area contributed by atoms with Gasteiger partial charge in [-0.2, -0.15) is 0 Å². The molecule has 3 atom stereocenters. The number of aryl methyl sites for hydroxylation is 1. The average molecular weight is 392 g/mol. The van der Waals surface area contributed by atoms with E-state index in [2.05, 4.69) is 42.2 Å². The van der Waals surface area contributed by atoms with Crippen LogP contribution in [-0.4, -0.2) is 36.2 Å². The van der Waals surface area contributed by atoms with Crippen LogP contribution < -0.4 is 4.74 Å². The topological polar surface area (TPSA) is 32.7 Å². The lowest BCUT2D eigenvalue weighted by atomic mass is 9.52. The summed E-state index contributed by atoms with van der Waals surface area (Å²) >= 11 is 0. The maximum Gasteiger partial charge on any atom is 0.119 e. The third kappa shape index (κ3) is 3.15. The van der Waals surface area contributed by atoms with Crippen LogP contribution >= 0.6 is 0 Å². The largest absolute Gasteiger partial charge is 0.508 e. The monoisotopic (exact) mass is 391 g/mol. The number of nitrogens with zero attached hydrogens (tertiary/aromatic N) is 1. The first-order chi connectivity index (χ1) is 14.1. The number of aromatic hydroxyl groups is 1. The number of benzene rings is 2. The Morgan fingerprint density at radius 2 is 2.03 bits per heavy atom. The summed E-state index contributed by atoms with van der Waals surface area (Å²) in [5.41, 5.74) is 6.03. The average Bonchev–Trinajstić information content (AvgIpc) is 2.74. The van der Waals surface area contributed by atoms with Gasteiger partial charge in [-0.25, -0.2) is 0 Å². The summed E-state index contributed by atoms with van der Waals surface area (Å²) in [5.74, 6) is 2.14. The first-order valence-electron chi connectivity index (χ1n) is 11.3. The van der Waals surface area contributed by atoms with E-state index in [1.54, 1.807) is 7.11 Å². The molecule has 3 nitrogen and oxygen atoms in total. The molecule has 2 aromatic rings. The van der Waals surface area contributed by atoms with Crippen LogP contribution in [0.1, 0.15) is 54.4 Å². The number of phenolic OH excluding ortho intramolecular Hbond substituents is 1. The molecule has 29 heavy (non-hydrogen) atoms. The van der Waals surface area contributed by atoms with Crippen molar-refractivity contribution in [2.45, 2.75) is 63.3 Å². The van der Waals surface area contributed by atoms with Gasteiger partial charge in [0.15, 0.2) is 0 Å². The molecule has 1 N–H and O–H groups in total. The number of fused-ring (bicyclic) bond motifs is 1. The fourth-order valence-electron chi connectivity index (χ4n) is 6.69. The van der Waals surface area contributed by atoms with Gasteiger partial charge in [-0.3, -0.25) is 4.90 Å². The van der Waals surface area contributed by atoms with Gasteiger partial charge in [0.25, 0.3) is 0 Å². The molecule has 0 unspecified atom stereocenters. The Hall–Kier alpha value is -2.00. The maximum absolute atomic E-state index is 10.2. The molecule has 3 aliphatic rings. The number of methoxy groups -OCH3 is 1. The molecule has 0 aromatic heterocycles. The van der Waals surface area contributed by atoms with E-state index in [0.717, 1.165) is 31.1 Å². The van der Waals surface area contributed by atoms with Gasteiger partial charge in [-0.05, 0) is 98.0 Å². The first kappa shape index (κ1) is 19.0. The zero-order valence-electron chi connectivity index (χ0n) is 17.8. The van der Waals surface area contributed by atoms with Crippen molar-refractivity contribution in [3.05, 3.63) is 58.7 Å². The van der Waals surface area contributed by atoms with Crippen molar-refractivity contribution < 1.29 is 9.84 Å². The van der Waals surface area contributed by atoms with E-state index in [0.29, 0.717) is 17.2 Å². The van der Waals surface area contributed by atoms with Crippen LogP contribution in [-0.2, 0) is 18.3 Å². The van der Waals surface area contributed by atoms with Gasteiger partial charge < -0.3 is 9.84 Å². The smallest absolute Gasteiger partial charge is 0.119 e. The highest BCUT2D eigenvalue weighted by atomic mass is 16.5. The van der Waals surface area contributed by atoms with E-state index in [4.69, 9.17) is 4.74 Å². The summed E-state index contributed by atoms with van der Waals surface area (Å²) in [6.45, 7) is 4.52. The second-order valence-corrected chi connectivity index (χ2v) is 9.45. The van der Waals surface area contributed by atoms with Crippen LogP contribution in [0.4, 0.5) is 0 Å². The number of phenols is 1. The molecular formula is C26H33NO2. The molecule has 3 heteroatoms. The molecule has 154 valence electrons. The number of ether oxygens (including phenoxy) is 1. The molecule has 1 heterocycles. The normalized spacial score (nSPS) is 28.5. The predicted molar refractivity (Wildman–Crippen MR) is 117 cm³/mol. The lowest BCUT2D eigenvalue weighted by molar-refractivity contribution is -0.0107. The van der Waals surface area contributed by atoms with Gasteiger partial charge in [0.2, 0.25) is 0 Å². The SMILES string of the molecule is COc1ccc(CCN2CC[C@@]34CCCC[C@H]3[C@@H]2Cc2ccc(O)cc24)c(C)c1. The maximum atomic E-state index is 10.2. The standard InChI is InChI=1S/C26H33NO2/c1-18-15-22(29-2)9-7-19(18)10-13-27-14-12-26-11-4-3-5-23(26)25(27)16-20-6-8-21(28)17-24(20)26/h6-9,15,17,23,25,28H,3-5,10-14,16H2,1-2H3/t23-,25-,26-/m0/s1. The number of likely N-dealkylation sites (tertiary alicyclic amines) is 1. The van der Waals surface area contributed by atoms with Gasteiger partial charge >= 0.3 is 0 Å². The Bertz CT molecular complexity index is 908. The molecule has 1 aliphatic heterocycles. The summed E-state index contributed by atoms with van der Waals surface area (Å²) in [5, 5.41) is 10.2. The first-order valence-corrected chi connectivity index (χ1v) is 11.3. The summed E-state index contributed by atoms with van der Waals surface area (Å²) in [7, 11) is 1.74. The minimum absolute atomic E-state index is 0.307. The predicted octanol–water partition coefficient (Wildman–Crippen LogP) is 5.01. The number of hydrogen-bond donors (Lipinski definition) is 1. The van der Waals surface area contributed by atoms with Crippen molar-refractivity contribution in [1.29, 1.82) is 0 Å². The number of hydrogen-bond acceptors (Lipinski definition) is 3. The molecule has 2 bridgehead atoms. The quantitative estimate of drug-likeness (QED) is 0.795. The molecule has 2 aliphatic carbocycles. The Kier molecular flexibility index (Phi) is 4.82. The molecule has 0 radical (unpaired) electrons. The second-order valence-electron chi connectivity index (χ2n) is 9.45. The van der Waals surface area contributed by atoms with Gasteiger partial charge in [0.1, 0.15) is 11.5 Å². The minimum atomic E-state index is 0.307. The van der Waals surface area contributed by atoms with Crippen molar-refractivity contribution in [2.75, 3.05) is 20.2 Å². The fraction of sp³-hybridized carbons (Fsp3) is 0.538. The molecule has 1 saturated carbocycles. The van der Waals surface area contributed by atoms with Crippen molar-refractivity contribution in [1.82, 2.24) is 4.90 Å². The highest BCUT2D eigenvalue weighted by molar-refractivity contribution is 5.45. The molecule has 1 saturated heterocycles. The van der Waals surface area contributed by atoms with Gasteiger partial charge in [-0.15, -0.1) is 0 Å². The zero-order chi connectivity index (χ0) is 20.0. The third-order valence-electron chi connectivity index (χ3n) is 8.15. The summed E-state index contributed by atoms with van der Waals surface area (Å²) < 4.78 is 5.37. The van der Waals surface area contributed by atoms with Gasteiger partial charge in [-0.1, -0.05) is 25.0 Å². The number of piperidine rings is 1. The van der Waals surface area contributed by atoms with Crippen LogP contribution in [0, 0.1) is 12.8 Å². The molecule has 0 amide bonds. The molecule has 2 fully saturated rings. The second kappa shape index (κ2) is 7.36. The highest BCUT2D eigenvalue weighted by Crippen LogP contribution is 2.56. The molecular weight excluding hydrogens is 358 g/mol. The molecule has 0 spiro atoms. The lowest BCUT2D eigenvalue weighted by Gasteiger charge is -2.59. The van der Waals surface area contributed by atoms with Crippen LogP contribution in [0.15, 0.2) is 36.4 Å². The van der Waals surface area contributed by atoms with E-state index >= 15 is 0 Å². The fourth-order valence-corrected chi connectivity index (χ4v) is 6.69. The van der Waals surface area contributed by atoms with Crippen LogP contribution in [0.3, 0.4) is 0 Å². The van der Waals surface area contributed by atoms with Gasteiger partial charge in [0, 0.05) is 18.0 Å². The summed E-state index contributed by atoms with van der Waals surface area (Å²) in [4.78, 5) is 2.79. The molecule has 2 aromatic carbocycles. The van der Waals surface area contributed by atoms with Crippen molar-refractivity contribution in [2.24, 2.45) is 5.92 Å². The van der Waals surface area contributed by atoms with Gasteiger partial charge in [0.05, 0.1) is 7.11 Å². The van der Waals surface area contributed by atoms with E-state index in [1.165, 1.54) is 60.9 Å². The van der Waals surface area contributed by atoms with Crippen molar-refractivity contribution >= 4 is 0 Å². The molecule has 5 rings (SSSR count). The Morgan fingerprint density at radius 3 is 2.86 bits per heavy atom. The lowest BCUT2D eigenvalue weighted by Crippen LogP contribution is -2.61. The van der Waals surface area contributed by atoms with Crippen LogP contribution in [0.5, 0.6) is 11.5 Å².